The van der Waals surface area contributed by atoms with E-state index in [-0.39, 0.29) is 11.8 Å². The van der Waals surface area contributed by atoms with Crippen molar-refractivity contribution in [3.8, 4) is 0 Å². The second kappa shape index (κ2) is 7.84. The normalized spacial score (nSPS) is 11.4. The third kappa shape index (κ3) is 7.87. The van der Waals surface area contributed by atoms with Crippen molar-refractivity contribution in [3.63, 3.8) is 0 Å². The van der Waals surface area contributed by atoms with E-state index in [0.717, 1.165) is 24.3 Å². The van der Waals surface area contributed by atoms with Crippen LogP contribution in [0.5, 0.6) is 0 Å². The first kappa shape index (κ1) is 15.6. The molecule has 0 atom stereocenters. The van der Waals surface area contributed by atoms with Gasteiger partial charge in [-0.2, -0.15) is 0 Å². The molecule has 4 N–H and O–H groups in total. The zero-order valence-electron chi connectivity index (χ0n) is 9.82. The summed E-state index contributed by atoms with van der Waals surface area (Å²) in [6.45, 7) is 3.71. The molecule has 94 valence electrons. The molecule has 0 aromatic heterocycles. The Labute approximate surface area is 105 Å². The number of carbonyl (C=O) groups is 2. The Bertz CT molecular complexity index is 245. The molecule has 0 rings (SSSR count). The summed E-state index contributed by atoms with van der Waals surface area (Å²) in [4.78, 5) is 21.5. The summed E-state index contributed by atoms with van der Waals surface area (Å²) in [7, 11) is 3.41. The van der Waals surface area contributed by atoms with Gasteiger partial charge in [0, 0.05) is 23.3 Å². The number of primary amides is 2. The molecule has 0 saturated heterocycles. The van der Waals surface area contributed by atoms with Gasteiger partial charge in [0.2, 0.25) is 11.8 Å². The summed E-state index contributed by atoms with van der Waals surface area (Å²) in [5, 5.41) is 0. The molecule has 0 unspecified atom stereocenters. The Morgan fingerprint density at radius 3 is 2.19 bits per heavy atom. The standard InChI is InChI=1S/C10H20N2O2S2/c1-10(2,9(12)14)5-7-16-15-6-3-4-8(11)13/h3-7H2,1-2H3,(H2,11,13)(H2,12,14). The lowest BCUT2D eigenvalue weighted by molar-refractivity contribution is -0.126. The van der Waals surface area contributed by atoms with Crippen LogP contribution in [0.15, 0.2) is 0 Å². The quantitative estimate of drug-likeness (QED) is 0.488. The van der Waals surface area contributed by atoms with E-state index in [2.05, 4.69) is 0 Å². The van der Waals surface area contributed by atoms with Gasteiger partial charge in [0.15, 0.2) is 0 Å². The Hall–Kier alpha value is -0.360. The molecule has 0 aromatic carbocycles. The van der Waals surface area contributed by atoms with E-state index in [9.17, 15) is 9.59 Å². The van der Waals surface area contributed by atoms with Crippen molar-refractivity contribution in [2.24, 2.45) is 16.9 Å². The smallest absolute Gasteiger partial charge is 0.223 e. The number of amides is 2. The molecule has 0 saturated carbocycles. The van der Waals surface area contributed by atoms with Crippen molar-refractivity contribution in [1.29, 1.82) is 0 Å². The molecule has 0 aromatic rings. The number of carbonyl (C=O) groups excluding carboxylic acids is 2. The monoisotopic (exact) mass is 264 g/mol. The average molecular weight is 264 g/mol. The molecule has 0 heterocycles. The van der Waals surface area contributed by atoms with Gasteiger partial charge in [-0.15, -0.1) is 0 Å². The number of rotatable bonds is 9. The molecule has 6 heteroatoms. The topological polar surface area (TPSA) is 86.2 Å². The Kier molecular flexibility index (Phi) is 7.66. The van der Waals surface area contributed by atoms with E-state index in [0.29, 0.717) is 6.42 Å². The molecule has 0 radical (unpaired) electrons. The molecular weight excluding hydrogens is 244 g/mol. The first-order chi connectivity index (χ1) is 7.36. The molecule has 4 nitrogen and oxygen atoms in total. The van der Waals surface area contributed by atoms with Crippen LogP contribution in [-0.4, -0.2) is 23.3 Å². The van der Waals surface area contributed by atoms with Gasteiger partial charge in [-0.25, -0.2) is 0 Å². The van der Waals surface area contributed by atoms with Gasteiger partial charge in [-0.3, -0.25) is 9.59 Å². The molecular formula is C10H20N2O2S2. The minimum Gasteiger partial charge on any atom is -0.370 e. The molecule has 0 bridgehead atoms. The SMILES string of the molecule is CC(C)(CCSSCCCC(N)=O)C(N)=O. The summed E-state index contributed by atoms with van der Waals surface area (Å²) in [6.07, 6.45) is 2.03. The van der Waals surface area contributed by atoms with Gasteiger partial charge >= 0.3 is 0 Å². The van der Waals surface area contributed by atoms with Crippen LogP contribution in [0.4, 0.5) is 0 Å². The van der Waals surface area contributed by atoms with E-state index < -0.39 is 5.41 Å². The van der Waals surface area contributed by atoms with Gasteiger partial charge in [0.05, 0.1) is 0 Å². The van der Waals surface area contributed by atoms with Gasteiger partial charge in [0.25, 0.3) is 0 Å². The fourth-order valence-corrected chi connectivity index (χ4v) is 3.25. The summed E-state index contributed by atoms with van der Waals surface area (Å²) in [5.41, 5.74) is 9.85. The van der Waals surface area contributed by atoms with Crippen molar-refractivity contribution >= 4 is 33.4 Å². The summed E-state index contributed by atoms with van der Waals surface area (Å²) < 4.78 is 0. The number of nitrogens with two attached hydrogens (primary N) is 2. The van der Waals surface area contributed by atoms with Gasteiger partial charge in [-0.1, -0.05) is 35.4 Å². The summed E-state index contributed by atoms with van der Waals surface area (Å²) >= 11 is 0. The predicted molar refractivity (Wildman–Crippen MR) is 70.9 cm³/mol. The minimum absolute atomic E-state index is 0.250. The van der Waals surface area contributed by atoms with E-state index in [1.54, 1.807) is 21.6 Å². The summed E-state index contributed by atoms with van der Waals surface area (Å²) in [5.74, 6) is 1.29. The molecule has 16 heavy (non-hydrogen) atoms. The molecule has 0 spiro atoms. The van der Waals surface area contributed by atoms with Crippen LogP contribution >= 0.6 is 21.6 Å². The van der Waals surface area contributed by atoms with E-state index >= 15 is 0 Å². The second-order valence-corrected chi connectivity index (χ2v) is 6.91. The third-order valence-electron chi connectivity index (χ3n) is 2.21. The second-order valence-electron chi connectivity index (χ2n) is 4.21. The molecule has 0 aliphatic heterocycles. The fraction of sp³-hybridized carbons (Fsp3) is 0.800. The molecule has 0 aliphatic rings. The van der Waals surface area contributed by atoms with Crippen LogP contribution < -0.4 is 11.5 Å². The van der Waals surface area contributed by atoms with Crippen molar-refractivity contribution in [1.82, 2.24) is 0 Å². The van der Waals surface area contributed by atoms with E-state index in [1.807, 2.05) is 13.8 Å². The Balaban J connectivity index is 3.40. The van der Waals surface area contributed by atoms with Crippen LogP contribution in [0.2, 0.25) is 0 Å². The summed E-state index contributed by atoms with van der Waals surface area (Å²) in [6, 6.07) is 0. The number of hydrogen-bond donors (Lipinski definition) is 2. The van der Waals surface area contributed by atoms with Gasteiger partial charge in [-0.05, 0) is 12.8 Å². The van der Waals surface area contributed by atoms with E-state index in [4.69, 9.17) is 11.5 Å². The van der Waals surface area contributed by atoms with Crippen LogP contribution in [0, 0.1) is 5.41 Å². The predicted octanol–water partition coefficient (Wildman–Crippen LogP) is 1.53. The van der Waals surface area contributed by atoms with Gasteiger partial charge < -0.3 is 11.5 Å². The highest BCUT2D eigenvalue weighted by atomic mass is 33.1. The zero-order valence-corrected chi connectivity index (χ0v) is 11.5. The number of hydrogen-bond acceptors (Lipinski definition) is 4. The van der Waals surface area contributed by atoms with Crippen LogP contribution in [0.25, 0.3) is 0 Å². The molecule has 0 fully saturated rings. The molecule has 2 amide bonds. The highest BCUT2D eigenvalue weighted by molar-refractivity contribution is 8.76. The van der Waals surface area contributed by atoms with Crippen molar-refractivity contribution < 1.29 is 9.59 Å². The third-order valence-corrected chi connectivity index (χ3v) is 4.70. The van der Waals surface area contributed by atoms with E-state index in [1.165, 1.54) is 0 Å². The average Bonchev–Trinajstić information content (AvgIpc) is 2.15. The van der Waals surface area contributed by atoms with Crippen LogP contribution in [0.1, 0.15) is 33.1 Å². The Morgan fingerprint density at radius 2 is 1.69 bits per heavy atom. The van der Waals surface area contributed by atoms with Crippen molar-refractivity contribution in [3.05, 3.63) is 0 Å². The maximum absolute atomic E-state index is 11.0. The van der Waals surface area contributed by atoms with Gasteiger partial charge in [0.1, 0.15) is 0 Å². The first-order valence-corrected chi connectivity index (χ1v) is 7.67. The lowest BCUT2D eigenvalue weighted by Gasteiger charge is -2.19. The van der Waals surface area contributed by atoms with Crippen molar-refractivity contribution in [2.75, 3.05) is 11.5 Å². The van der Waals surface area contributed by atoms with Crippen LogP contribution in [-0.2, 0) is 9.59 Å². The van der Waals surface area contributed by atoms with Crippen LogP contribution in [0.3, 0.4) is 0 Å². The highest BCUT2D eigenvalue weighted by Crippen LogP contribution is 2.28. The largest absolute Gasteiger partial charge is 0.370 e. The maximum Gasteiger partial charge on any atom is 0.223 e. The maximum atomic E-state index is 11.0. The van der Waals surface area contributed by atoms with Crippen molar-refractivity contribution in [2.45, 2.75) is 33.1 Å². The zero-order chi connectivity index (χ0) is 12.6. The first-order valence-electron chi connectivity index (χ1n) is 5.19. The fourth-order valence-electron chi connectivity index (χ4n) is 0.843. The lowest BCUT2D eigenvalue weighted by atomic mass is 9.90. The molecule has 0 aliphatic carbocycles. The Morgan fingerprint density at radius 1 is 1.12 bits per heavy atom. The minimum atomic E-state index is -0.430. The lowest BCUT2D eigenvalue weighted by Crippen LogP contribution is -2.31. The highest BCUT2D eigenvalue weighted by Gasteiger charge is 2.23.